The van der Waals surface area contributed by atoms with Gasteiger partial charge >= 0.3 is 0 Å². The average Bonchev–Trinajstić information content (AvgIpc) is 3.16. The SMILES string of the molecule is CCN(C(=O)c1ccc(OCC2CCCO2)cc1)c1ccc(F)cc1. The highest BCUT2D eigenvalue weighted by Gasteiger charge is 2.18. The number of amides is 1. The molecule has 0 aromatic heterocycles. The molecule has 2 aromatic carbocycles. The van der Waals surface area contributed by atoms with E-state index >= 15 is 0 Å². The van der Waals surface area contributed by atoms with Crippen molar-refractivity contribution in [1.82, 2.24) is 0 Å². The van der Waals surface area contributed by atoms with Crippen molar-refractivity contribution in [2.75, 3.05) is 24.7 Å². The fourth-order valence-electron chi connectivity index (χ4n) is 2.88. The van der Waals surface area contributed by atoms with Crippen LogP contribution in [0.5, 0.6) is 5.75 Å². The van der Waals surface area contributed by atoms with Gasteiger partial charge in [0.1, 0.15) is 18.2 Å². The summed E-state index contributed by atoms with van der Waals surface area (Å²) in [4.78, 5) is 14.3. The van der Waals surface area contributed by atoms with E-state index in [1.807, 2.05) is 6.92 Å². The molecular weight excluding hydrogens is 321 g/mol. The number of hydrogen-bond acceptors (Lipinski definition) is 3. The number of benzene rings is 2. The van der Waals surface area contributed by atoms with Gasteiger partial charge in [-0.1, -0.05) is 0 Å². The molecule has 0 bridgehead atoms. The summed E-state index contributed by atoms with van der Waals surface area (Å²) in [6, 6.07) is 13.0. The van der Waals surface area contributed by atoms with E-state index < -0.39 is 0 Å². The molecule has 25 heavy (non-hydrogen) atoms. The first-order valence-electron chi connectivity index (χ1n) is 8.59. The zero-order valence-corrected chi connectivity index (χ0v) is 14.3. The molecule has 0 radical (unpaired) electrons. The lowest BCUT2D eigenvalue weighted by molar-refractivity contribution is 0.0679. The molecule has 1 heterocycles. The lowest BCUT2D eigenvalue weighted by Crippen LogP contribution is -2.30. The van der Waals surface area contributed by atoms with Crippen LogP contribution >= 0.6 is 0 Å². The van der Waals surface area contributed by atoms with Gasteiger partial charge in [-0.3, -0.25) is 4.79 Å². The number of carbonyl (C=O) groups is 1. The molecule has 1 atom stereocenters. The molecule has 4 nitrogen and oxygen atoms in total. The van der Waals surface area contributed by atoms with Crippen LogP contribution in [0.2, 0.25) is 0 Å². The standard InChI is InChI=1S/C20H22FNO3/c1-2-22(17-9-7-16(21)8-10-17)20(23)15-5-11-18(12-6-15)25-14-19-4-3-13-24-19/h5-12,19H,2-4,13-14H2,1H3. The van der Waals surface area contributed by atoms with Gasteiger partial charge in [0.25, 0.3) is 5.91 Å². The molecule has 1 aliphatic rings. The first-order chi connectivity index (χ1) is 12.2. The summed E-state index contributed by atoms with van der Waals surface area (Å²) in [5, 5.41) is 0. The van der Waals surface area contributed by atoms with Crippen molar-refractivity contribution in [3.8, 4) is 5.75 Å². The lowest BCUT2D eigenvalue weighted by Gasteiger charge is -2.21. The summed E-state index contributed by atoms with van der Waals surface area (Å²) < 4.78 is 24.3. The van der Waals surface area contributed by atoms with Gasteiger partial charge in [0.2, 0.25) is 0 Å². The van der Waals surface area contributed by atoms with Crippen LogP contribution in [-0.2, 0) is 4.74 Å². The second kappa shape index (κ2) is 8.12. The van der Waals surface area contributed by atoms with Crippen LogP contribution < -0.4 is 9.64 Å². The molecule has 0 saturated carbocycles. The van der Waals surface area contributed by atoms with Crippen molar-refractivity contribution in [1.29, 1.82) is 0 Å². The van der Waals surface area contributed by atoms with Gasteiger partial charge in [0.05, 0.1) is 6.10 Å². The van der Waals surface area contributed by atoms with E-state index in [9.17, 15) is 9.18 Å². The summed E-state index contributed by atoms with van der Waals surface area (Å²) in [5.74, 6) is 0.275. The van der Waals surface area contributed by atoms with Gasteiger partial charge in [0, 0.05) is 24.4 Å². The van der Waals surface area contributed by atoms with E-state index in [2.05, 4.69) is 0 Å². The molecule has 1 aliphatic heterocycles. The second-order valence-corrected chi connectivity index (χ2v) is 6.00. The Bertz CT molecular complexity index is 694. The second-order valence-electron chi connectivity index (χ2n) is 6.00. The number of halogens is 1. The fourth-order valence-corrected chi connectivity index (χ4v) is 2.88. The van der Waals surface area contributed by atoms with Crippen LogP contribution in [-0.4, -0.2) is 31.8 Å². The number of ether oxygens (including phenoxy) is 2. The third-order valence-corrected chi connectivity index (χ3v) is 4.26. The maximum Gasteiger partial charge on any atom is 0.258 e. The molecular formula is C20H22FNO3. The molecule has 1 saturated heterocycles. The van der Waals surface area contributed by atoms with Crippen molar-refractivity contribution < 1.29 is 18.7 Å². The molecule has 0 spiro atoms. The molecule has 3 rings (SSSR count). The zero-order chi connectivity index (χ0) is 17.6. The van der Waals surface area contributed by atoms with Crippen molar-refractivity contribution in [3.63, 3.8) is 0 Å². The maximum absolute atomic E-state index is 13.1. The first kappa shape index (κ1) is 17.4. The number of nitrogens with zero attached hydrogens (tertiary/aromatic N) is 1. The van der Waals surface area contributed by atoms with Gasteiger partial charge in [-0.2, -0.15) is 0 Å². The predicted molar refractivity (Wildman–Crippen MR) is 94.7 cm³/mol. The van der Waals surface area contributed by atoms with E-state index in [1.54, 1.807) is 41.3 Å². The van der Waals surface area contributed by atoms with Gasteiger partial charge in [-0.05, 0) is 68.3 Å². The summed E-state index contributed by atoms with van der Waals surface area (Å²) in [7, 11) is 0. The Morgan fingerprint density at radius 2 is 1.92 bits per heavy atom. The van der Waals surface area contributed by atoms with Crippen LogP contribution in [0, 0.1) is 5.82 Å². The van der Waals surface area contributed by atoms with Gasteiger partial charge in [-0.15, -0.1) is 0 Å². The van der Waals surface area contributed by atoms with Crippen LogP contribution in [0.15, 0.2) is 48.5 Å². The Morgan fingerprint density at radius 1 is 1.20 bits per heavy atom. The molecule has 5 heteroatoms. The highest BCUT2D eigenvalue weighted by atomic mass is 19.1. The third-order valence-electron chi connectivity index (χ3n) is 4.26. The quantitative estimate of drug-likeness (QED) is 0.794. The smallest absolute Gasteiger partial charge is 0.258 e. The van der Waals surface area contributed by atoms with E-state index in [1.165, 1.54) is 12.1 Å². The predicted octanol–water partition coefficient (Wildman–Crippen LogP) is 4.05. The van der Waals surface area contributed by atoms with E-state index in [-0.39, 0.29) is 17.8 Å². The molecule has 1 fully saturated rings. The lowest BCUT2D eigenvalue weighted by atomic mass is 10.1. The molecule has 1 unspecified atom stereocenters. The van der Waals surface area contributed by atoms with E-state index in [0.29, 0.717) is 24.4 Å². The summed E-state index contributed by atoms with van der Waals surface area (Å²) in [5.41, 5.74) is 1.24. The molecule has 1 amide bonds. The maximum atomic E-state index is 13.1. The minimum absolute atomic E-state index is 0.125. The Morgan fingerprint density at radius 3 is 2.52 bits per heavy atom. The van der Waals surface area contributed by atoms with Gasteiger partial charge in [0.15, 0.2) is 0 Å². The van der Waals surface area contributed by atoms with Crippen molar-refractivity contribution >= 4 is 11.6 Å². The minimum Gasteiger partial charge on any atom is -0.491 e. The molecule has 132 valence electrons. The average molecular weight is 343 g/mol. The fraction of sp³-hybridized carbons (Fsp3) is 0.350. The number of carbonyl (C=O) groups excluding carboxylic acids is 1. The molecule has 0 N–H and O–H groups in total. The van der Waals surface area contributed by atoms with Crippen LogP contribution in [0.25, 0.3) is 0 Å². The number of rotatable bonds is 6. The topological polar surface area (TPSA) is 38.8 Å². The normalized spacial score (nSPS) is 16.6. The minimum atomic E-state index is -0.319. The first-order valence-corrected chi connectivity index (χ1v) is 8.59. The Labute approximate surface area is 147 Å². The summed E-state index contributed by atoms with van der Waals surface area (Å²) in [6.07, 6.45) is 2.27. The highest BCUT2D eigenvalue weighted by Crippen LogP contribution is 2.20. The van der Waals surface area contributed by atoms with Crippen molar-refractivity contribution in [2.24, 2.45) is 0 Å². The van der Waals surface area contributed by atoms with E-state index in [0.717, 1.165) is 25.2 Å². The summed E-state index contributed by atoms with van der Waals surface area (Å²) >= 11 is 0. The van der Waals surface area contributed by atoms with Gasteiger partial charge < -0.3 is 14.4 Å². The Kier molecular flexibility index (Phi) is 5.66. The third kappa shape index (κ3) is 4.37. The molecule has 0 aliphatic carbocycles. The van der Waals surface area contributed by atoms with Crippen LogP contribution in [0.1, 0.15) is 30.1 Å². The highest BCUT2D eigenvalue weighted by molar-refractivity contribution is 6.06. The zero-order valence-electron chi connectivity index (χ0n) is 14.3. The van der Waals surface area contributed by atoms with Crippen molar-refractivity contribution in [3.05, 3.63) is 59.9 Å². The largest absolute Gasteiger partial charge is 0.491 e. The number of hydrogen-bond donors (Lipinski definition) is 0. The van der Waals surface area contributed by atoms with Crippen LogP contribution in [0.3, 0.4) is 0 Å². The van der Waals surface area contributed by atoms with Gasteiger partial charge in [-0.25, -0.2) is 4.39 Å². The van der Waals surface area contributed by atoms with Crippen molar-refractivity contribution in [2.45, 2.75) is 25.9 Å². The Hall–Kier alpha value is -2.40. The Balaban J connectivity index is 1.65. The molecule has 2 aromatic rings. The van der Waals surface area contributed by atoms with Crippen LogP contribution in [0.4, 0.5) is 10.1 Å². The summed E-state index contributed by atoms with van der Waals surface area (Å²) in [6.45, 7) is 3.73. The monoisotopic (exact) mass is 343 g/mol. The number of anilines is 1. The van der Waals surface area contributed by atoms with E-state index in [4.69, 9.17) is 9.47 Å².